The van der Waals surface area contributed by atoms with Gasteiger partial charge >= 0.3 is 0 Å². The highest BCUT2D eigenvalue weighted by Crippen LogP contribution is 2.06. The first kappa shape index (κ1) is 8.66. The van der Waals surface area contributed by atoms with E-state index in [2.05, 4.69) is 6.58 Å². The molecule has 0 aliphatic rings. The van der Waals surface area contributed by atoms with Crippen molar-refractivity contribution < 1.29 is 10.2 Å². The van der Waals surface area contributed by atoms with Crippen molar-refractivity contribution in [3.63, 3.8) is 0 Å². The fourth-order valence-electron chi connectivity index (χ4n) is 0.579. The molecule has 0 unspecified atom stereocenters. The quantitative estimate of drug-likeness (QED) is 0.548. The van der Waals surface area contributed by atoms with Gasteiger partial charge in [0.25, 0.3) is 0 Å². The minimum absolute atomic E-state index is 0.0370. The van der Waals surface area contributed by atoms with E-state index >= 15 is 0 Å². The summed E-state index contributed by atoms with van der Waals surface area (Å²) in [4.78, 5) is 0. The van der Waals surface area contributed by atoms with Crippen LogP contribution in [0.25, 0.3) is 0 Å². The molecule has 0 aliphatic carbocycles. The van der Waals surface area contributed by atoms with Gasteiger partial charge in [-0.25, -0.2) is 0 Å². The molecule has 0 heterocycles. The van der Waals surface area contributed by atoms with Crippen LogP contribution in [0.1, 0.15) is 13.8 Å². The Hall–Kier alpha value is -0.340. The minimum atomic E-state index is -0.678. The van der Waals surface area contributed by atoms with E-state index in [-0.39, 0.29) is 5.92 Å². The van der Waals surface area contributed by atoms with Gasteiger partial charge in [0.15, 0.2) is 0 Å². The molecule has 0 bridgehead atoms. The smallest absolute Gasteiger partial charge is 0.0855 e. The van der Waals surface area contributed by atoms with Crippen molar-refractivity contribution in [1.82, 2.24) is 0 Å². The van der Waals surface area contributed by atoms with E-state index in [9.17, 15) is 0 Å². The third-order valence-electron chi connectivity index (χ3n) is 1.40. The fourth-order valence-corrected chi connectivity index (χ4v) is 0.579. The lowest BCUT2D eigenvalue weighted by Crippen LogP contribution is -2.28. The van der Waals surface area contributed by atoms with Crippen LogP contribution < -0.4 is 0 Å². The maximum Gasteiger partial charge on any atom is 0.0855 e. The normalized spacial score (nSPS) is 20.4. The summed E-state index contributed by atoms with van der Waals surface area (Å²) < 4.78 is 0. The molecule has 2 heteroatoms. The van der Waals surface area contributed by atoms with Gasteiger partial charge in [0.05, 0.1) is 12.2 Å². The van der Waals surface area contributed by atoms with Gasteiger partial charge in [-0.15, -0.1) is 6.58 Å². The Kier molecular flexibility index (Phi) is 3.50. The van der Waals surface area contributed by atoms with Crippen molar-refractivity contribution in [3.05, 3.63) is 12.7 Å². The molecule has 2 nitrogen and oxygen atoms in total. The second-order valence-electron chi connectivity index (χ2n) is 2.33. The van der Waals surface area contributed by atoms with Gasteiger partial charge in [-0.2, -0.15) is 0 Å². The summed E-state index contributed by atoms with van der Waals surface area (Å²) in [7, 11) is 0. The molecule has 9 heavy (non-hydrogen) atoms. The summed E-state index contributed by atoms with van der Waals surface area (Å²) in [6.45, 7) is 6.86. The second-order valence-corrected chi connectivity index (χ2v) is 2.33. The molecule has 0 aromatic heterocycles. The molecule has 0 aromatic rings. The summed E-state index contributed by atoms with van der Waals surface area (Å²) in [5.41, 5.74) is 0. The first-order valence-corrected chi connectivity index (χ1v) is 3.08. The van der Waals surface area contributed by atoms with E-state index in [1.165, 1.54) is 0 Å². The highest BCUT2D eigenvalue weighted by molar-refractivity contribution is 4.83. The molecule has 0 aliphatic heterocycles. The van der Waals surface area contributed by atoms with E-state index in [0.717, 1.165) is 0 Å². The van der Waals surface area contributed by atoms with Crippen LogP contribution in [-0.4, -0.2) is 22.4 Å². The summed E-state index contributed by atoms with van der Waals surface area (Å²) in [6.07, 6.45) is 0.276. The van der Waals surface area contributed by atoms with Crippen molar-refractivity contribution in [2.75, 3.05) is 0 Å². The third kappa shape index (κ3) is 2.63. The zero-order chi connectivity index (χ0) is 7.44. The summed E-state index contributed by atoms with van der Waals surface area (Å²) in [5.74, 6) is -0.0370. The van der Waals surface area contributed by atoms with Crippen LogP contribution in [0.5, 0.6) is 0 Å². The predicted octanol–water partition coefficient (Wildman–Crippen LogP) is 0.550. The number of hydrogen-bond acceptors (Lipinski definition) is 2. The highest BCUT2D eigenvalue weighted by atomic mass is 16.3. The largest absolute Gasteiger partial charge is 0.391 e. The van der Waals surface area contributed by atoms with Gasteiger partial charge in [-0.1, -0.05) is 13.0 Å². The van der Waals surface area contributed by atoms with Crippen molar-refractivity contribution in [2.24, 2.45) is 5.92 Å². The first-order valence-electron chi connectivity index (χ1n) is 3.08. The lowest BCUT2D eigenvalue weighted by Gasteiger charge is -2.17. The van der Waals surface area contributed by atoms with Crippen LogP contribution >= 0.6 is 0 Å². The molecule has 0 aromatic carbocycles. The molecular weight excluding hydrogens is 116 g/mol. The number of hydrogen-bond donors (Lipinski definition) is 2. The van der Waals surface area contributed by atoms with Crippen molar-refractivity contribution in [2.45, 2.75) is 26.1 Å². The minimum Gasteiger partial charge on any atom is -0.391 e. The summed E-state index contributed by atoms with van der Waals surface area (Å²) in [5, 5.41) is 17.9. The van der Waals surface area contributed by atoms with Crippen LogP contribution in [-0.2, 0) is 0 Å². The van der Waals surface area contributed by atoms with Crippen LogP contribution in [0.4, 0.5) is 0 Å². The third-order valence-corrected chi connectivity index (χ3v) is 1.40. The Labute approximate surface area is 55.8 Å². The Balaban J connectivity index is 3.71. The molecule has 0 spiro atoms. The first-order chi connectivity index (χ1) is 4.09. The van der Waals surface area contributed by atoms with Crippen LogP contribution in [0, 0.1) is 5.92 Å². The SMILES string of the molecule is C=C[C@H](C)[C@H](O)[C@H](C)O. The fraction of sp³-hybridized carbons (Fsp3) is 0.714. The molecule has 0 saturated heterocycles. The number of rotatable bonds is 3. The maximum absolute atomic E-state index is 9.07. The van der Waals surface area contributed by atoms with E-state index in [4.69, 9.17) is 10.2 Å². The lowest BCUT2D eigenvalue weighted by atomic mass is 10.0. The van der Waals surface area contributed by atoms with E-state index in [1.807, 2.05) is 6.92 Å². The average Bonchev–Trinajstić information content (AvgIpc) is 1.84. The van der Waals surface area contributed by atoms with Gasteiger partial charge in [-0.05, 0) is 6.92 Å². The molecule has 0 radical (unpaired) electrons. The predicted molar refractivity (Wildman–Crippen MR) is 37.0 cm³/mol. The van der Waals surface area contributed by atoms with Gasteiger partial charge in [-0.3, -0.25) is 0 Å². The molecule has 2 N–H and O–H groups in total. The topological polar surface area (TPSA) is 40.5 Å². The molecule has 3 atom stereocenters. The van der Waals surface area contributed by atoms with Gasteiger partial charge in [0.1, 0.15) is 0 Å². The Morgan fingerprint density at radius 3 is 1.89 bits per heavy atom. The number of aliphatic hydroxyl groups is 2. The van der Waals surface area contributed by atoms with Gasteiger partial charge in [0.2, 0.25) is 0 Å². The Bertz CT molecular complexity index is 88.9. The molecule has 54 valence electrons. The molecular formula is C7H14O2. The Morgan fingerprint density at radius 1 is 1.33 bits per heavy atom. The summed E-state index contributed by atoms with van der Waals surface area (Å²) >= 11 is 0. The second kappa shape index (κ2) is 3.64. The molecule has 0 fully saturated rings. The molecule has 0 saturated carbocycles. The lowest BCUT2D eigenvalue weighted by molar-refractivity contribution is 0.00985. The van der Waals surface area contributed by atoms with Crippen molar-refractivity contribution >= 4 is 0 Å². The van der Waals surface area contributed by atoms with Gasteiger partial charge in [0, 0.05) is 5.92 Å². The zero-order valence-corrected chi connectivity index (χ0v) is 5.91. The molecule has 0 amide bonds. The monoisotopic (exact) mass is 130 g/mol. The van der Waals surface area contributed by atoms with E-state index < -0.39 is 12.2 Å². The van der Waals surface area contributed by atoms with Gasteiger partial charge < -0.3 is 10.2 Å². The molecule has 0 rings (SSSR count). The maximum atomic E-state index is 9.07. The van der Waals surface area contributed by atoms with Crippen LogP contribution in [0.3, 0.4) is 0 Å². The zero-order valence-electron chi connectivity index (χ0n) is 5.91. The summed E-state index contributed by atoms with van der Waals surface area (Å²) in [6, 6.07) is 0. The number of aliphatic hydroxyl groups excluding tert-OH is 2. The van der Waals surface area contributed by atoms with Crippen molar-refractivity contribution in [3.8, 4) is 0 Å². The Morgan fingerprint density at radius 2 is 1.78 bits per heavy atom. The van der Waals surface area contributed by atoms with Crippen LogP contribution in [0.15, 0.2) is 12.7 Å². The average molecular weight is 130 g/mol. The standard InChI is InChI=1S/C7H14O2/c1-4-5(2)7(9)6(3)8/h4-9H,1H2,2-3H3/t5-,6-,7-/m0/s1. The van der Waals surface area contributed by atoms with Crippen LogP contribution in [0.2, 0.25) is 0 Å². The van der Waals surface area contributed by atoms with E-state index in [1.54, 1.807) is 13.0 Å². The van der Waals surface area contributed by atoms with E-state index in [0.29, 0.717) is 0 Å². The van der Waals surface area contributed by atoms with Crippen molar-refractivity contribution in [1.29, 1.82) is 0 Å². The highest BCUT2D eigenvalue weighted by Gasteiger charge is 2.15.